The number of pyridine rings is 1. The third kappa shape index (κ3) is 7.08. The quantitative estimate of drug-likeness (QED) is 0.311. The number of esters is 1. The number of imide groups is 2. The summed E-state index contributed by atoms with van der Waals surface area (Å²) < 4.78 is 11.7. The predicted octanol–water partition coefficient (Wildman–Crippen LogP) is 3.97. The highest BCUT2D eigenvalue weighted by Crippen LogP contribution is 2.35. The molecular formula is C36H45N5O7. The van der Waals surface area contributed by atoms with Gasteiger partial charge in [0.15, 0.2) is 0 Å². The maximum Gasteiger partial charge on any atom is 0.340 e. The van der Waals surface area contributed by atoms with Crippen molar-refractivity contribution >= 4 is 35.4 Å². The Labute approximate surface area is 281 Å². The zero-order valence-electron chi connectivity index (χ0n) is 28.4. The number of benzene rings is 1. The van der Waals surface area contributed by atoms with Gasteiger partial charge in [-0.2, -0.15) is 0 Å². The molecule has 1 aromatic carbocycles. The molecule has 2 aromatic rings. The lowest BCUT2D eigenvalue weighted by Gasteiger charge is -2.46. The van der Waals surface area contributed by atoms with Crippen molar-refractivity contribution < 1.29 is 33.4 Å². The molecule has 1 saturated carbocycles. The average molecular weight is 660 g/mol. The zero-order chi connectivity index (χ0) is 34.3. The van der Waals surface area contributed by atoms with Crippen LogP contribution in [0.15, 0.2) is 36.5 Å². The molecule has 4 amide bonds. The van der Waals surface area contributed by atoms with Crippen molar-refractivity contribution in [2.75, 3.05) is 24.5 Å². The number of nitrogens with zero attached hydrogens (tertiary/aromatic N) is 4. The molecule has 4 aliphatic rings. The molecule has 1 N–H and O–H groups in total. The van der Waals surface area contributed by atoms with Crippen molar-refractivity contribution in [3.63, 3.8) is 0 Å². The topological polar surface area (TPSA) is 138 Å². The molecular weight excluding hydrogens is 614 g/mol. The van der Waals surface area contributed by atoms with Crippen molar-refractivity contribution in [1.82, 2.24) is 20.1 Å². The van der Waals surface area contributed by atoms with E-state index in [0.717, 1.165) is 56.0 Å². The van der Waals surface area contributed by atoms with Crippen LogP contribution in [0.2, 0.25) is 0 Å². The molecule has 1 aliphatic carbocycles. The van der Waals surface area contributed by atoms with Crippen LogP contribution in [0.4, 0.5) is 5.82 Å². The van der Waals surface area contributed by atoms with Gasteiger partial charge in [-0.3, -0.25) is 34.3 Å². The standard InChI is InChI=1S/C36H45N5O7/c1-21(2)40(20-22-12-14-39(15-13-22)30-10-6-23(19-37-30)35(46)48-36(3,4)5)24-16-26(17-24)47-25-7-8-27-28(18-25)34(45)41(33(27)44)29-9-11-31(42)38-32(29)43/h6-8,10,18-19,21-22,24,26,29H,9,11-17,20H2,1-5H3,(H,38,42,43)/t24-,26-,29?. The van der Waals surface area contributed by atoms with E-state index in [1.54, 1.807) is 30.5 Å². The molecule has 48 heavy (non-hydrogen) atoms. The van der Waals surface area contributed by atoms with Crippen molar-refractivity contribution in [1.29, 1.82) is 0 Å². The van der Waals surface area contributed by atoms with Crippen LogP contribution in [0, 0.1) is 5.92 Å². The second-order valence-electron chi connectivity index (χ2n) is 14.6. The molecule has 1 aromatic heterocycles. The molecule has 1 unspecified atom stereocenters. The Balaban J connectivity index is 0.986. The van der Waals surface area contributed by atoms with E-state index in [4.69, 9.17) is 9.47 Å². The second kappa shape index (κ2) is 13.3. The van der Waals surface area contributed by atoms with Gasteiger partial charge in [0.05, 0.1) is 16.7 Å². The van der Waals surface area contributed by atoms with Crippen molar-refractivity contribution in [2.45, 2.75) is 103 Å². The first kappa shape index (κ1) is 33.6. The van der Waals surface area contributed by atoms with Crippen LogP contribution in [-0.2, 0) is 14.3 Å². The molecule has 3 aliphatic heterocycles. The number of nitrogens with one attached hydrogen (secondary N) is 1. The van der Waals surface area contributed by atoms with E-state index in [1.807, 2.05) is 26.8 Å². The summed E-state index contributed by atoms with van der Waals surface area (Å²) in [4.78, 5) is 72.9. The number of aromatic nitrogens is 1. The number of carbonyl (C=O) groups is 5. The number of piperidine rings is 2. The molecule has 12 nitrogen and oxygen atoms in total. The molecule has 6 rings (SSSR count). The van der Waals surface area contributed by atoms with E-state index >= 15 is 0 Å². The van der Waals surface area contributed by atoms with Gasteiger partial charge in [0.1, 0.15) is 29.3 Å². The average Bonchev–Trinajstić information content (AvgIpc) is 3.26. The normalized spacial score (nSPS) is 23.4. The van der Waals surface area contributed by atoms with E-state index in [2.05, 4.69) is 33.9 Å². The summed E-state index contributed by atoms with van der Waals surface area (Å²) in [5.41, 5.74) is 0.374. The Morgan fingerprint density at radius 1 is 1.00 bits per heavy atom. The van der Waals surface area contributed by atoms with Gasteiger partial charge in [-0.05, 0) is 90.1 Å². The van der Waals surface area contributed by atoms with E-state index < -0.39 is 35.3 Å². The molecule has 12 heteroatoms. The lowest BCUT2D eigenvalue weighted by atomic mass is 9.85. The first-order valence-corrected chi connectivity index (χ1v) is 17.0. The summed E-state index contributed by atoms with van der Waals surface area (Å²) in [7, 11) is 0. The van der Waals surface area contributed by atoms with Gasteiger partial charge < -0.3 is 14.4 Å². The van der Waals surface area contributed by atoms with E-state index in [0.29, 0.717) is 29.3 Å². The summed E-state index contributed by atoms with van der Waals surface area (Å²) in [6.45, 7) is 12.8. The maximum atomic E-state index is 13.2. The van der Waals surface area contributed by atoms with Crippen LogP contribution in [0.5, 0.6) is 5.75 Å². The summed E-state index contributed by atoms with van der Waals surface area (Å²) in [6.07, 6.45) is 5.67. The monoisotopic (exact) mass is 659 g/mol. The highest BCUT2D eigenvalue weighted by Gasteiger charge is 2.45. The van der Waals surface area contributed by atoms with Crippen LogP contribution < -0.4 is 15.0 Å². The van der Waals surface area contributed by atoms with E-state index in [1.165, 1.54) is 0 Å². The molecule has 1 atom stereocenters. The minimum absolute atomic E-state index is 0.00400. The van der Waals surface area contributed by atoms with Crippen LogP contribution in [0.25, 0.3) is 0 Å². The third-order valence-corrected chi connectivity index (χ3v) is 9.71. The molecule has 2 saturated heterocycles. The summed E-state index contributed by atoms with van der Waals surface area (Å²) in [6, 6.07) is 8.38. The number of ether oxygens (including phenoxy) is 2. The largest absolute Gasteiger partial charge is 0.490 e. The Morgan fingerprint density at radius 3 is 2.33 bits per heavy atom. The Bertz CT molecular complexity index is 1590. The van der Waals surface area contributed by atoms with E-state index in [-0.39, 0.29) is 36.0 Å². The molecule has 256 valence electrons. The highest BCUT2D eigenvalue weighted by molar-refractivity contribution is 6.23. The van der Waals surface area contributed by atoms with Gasteiger partial charge in [-0.15, -0.1) is 0 Å². The smallest absolute Gasteiger partial charge is 0.340 e. The molecule has 0 bridgehead atoms. The number of carbonyl (C=O) groups excluding carboxylic acids is 5. The van der Waals surface area contributed by atoms with Crippen LogP contribution in [0.1, 0.15) is 104 Å². The Morgan fingerprint density at radius 2 is 1.71 bits per heavy atom. The summed E-state index contributed by atoms with van der Waals surface area (Å²) in [5, 5.41) is 2.22. The minimum atomic E-state index is -0.991. The summed E-state index contributed by atoms with van der Waals surface area (Å²) >= 11 is 0. The lowest BCUT2D eigenvalue weighted by Crippen LogP contribution is -2.54. The van der Waals surface area contributed by atoms with Gasteiger partial charge in [0, 0.05) is 57.2 Å². The number of hydrogen-bond donors (Lipinski definition) is 1. The Kier molecular flexibility index (Phi) is 9.30. The Hall–Kier alpha value is -4.32. The number of amides is 4. The molecule has 0 spiro atoms. The van der Waals surface area contributed by atoms with Crippen molar-refractivity contribution in [2.24, 2.45) is 5.92 Å². The SMILES string of the molecule is CC(C)N(CC1CCN(c2ccc(C(=O)OC(C)(C)C)cn2)CC1)[C@H]1C[C@H](Oc2ccc3c(c2)C(=O)N(C2CCC(=O)NC2=O)C3=O)C1. The maximum absolute atomic E-state index is 13.2. The fourth-order valence-corrected chi connectivity index (χ4v) is 7.08. The van der Waals surface area contributed by atoms with Gasteiger partial charge >= 0.3 is 5.97 Å². The number of rotatable bonds is 9. The van der Waals surface area contributed by atoms with E-state index in [9.17, 15) is 24.0 Å². The number of hydrogen-bond acceptors (Lipinski definition) is 10. The van der Waals surface area contributed by atoms with Gasteiger partial charge in [0.25, 0.3) is 11.8 Å². The highest BCUT2D eigenvalue weighted by atomic mass is 16.6. The lowest BCUT2D eigenvalue weighted by molar-refractivity contribution is -0.136. The van der Waals surface area contributed by atoms with Gasteiger partial charge in [-0.1, -0.05) is 0 Å². The molecule has 3 fully saturated rings. The predicted molar refractivity (Wildman–Crippen MR) is 177 cm³/mol. The number of anilines is 1. The first-order valence-electron chi connectivity index (χ1n) is 17.0. The third-order valence-electron chi connectivity index (χ3n) is 9.71. The van der Waals surface area contributed by atoms with Gasteiger partial charge in [-0.25, -0.2) is 9.78 Å². The van der Waals surface area contributed by atoms with Crippen LogP contribution >= 0.6 is 0 Å². The van der Waals surface area contributed by atoms with Crippen LogP contribution in [0.3, 0.4) is 0 Å². The minimum Gasteiger partial charge on any atom is -0.490 e. The fourth-order valence-electron chi connectivity index (χ4n) is 7.08. The fraction of sp³-hybridized carbons (Fsp3) is 0.556. The van der Waals surface area contributed by atoms with Gasteiger partial charge in [0.2, 0.25) is 11.8 Å². The van der Waals surface area contributed by atoms with Crippen molar-refractivity contribution in [3.8, 4) is 5.75 Å². The zero-order valence-corrected chi connectivity index (χ0v) is 28.4. The van der Waals surface area contributed by atoms with Crippen molar-refractivity contribution in [3.05, 3.63) is 53.2 Å². The summed E-state index contributed by atoms with van der Waals surface area (Å²) in [5.74, 6) is -0.477. The van der Waals surface area contributed by atoms with Crippen LogP contribution in [-0.4, -0.2) is 93.8 Å². The second-order valence-corrected chi connectivity index (χ2v) is 14.6. The number of fused-ring (bicyclic) bond motifs is 1. The molecule has 0 radical (unpaired) electrons. The first-order chi connectivity index (χ1) is 22.8. The molecule has 4 heterocycles.